The Morgan fingerprint density at radius 2 is 2.07 bits per heavy atom. The number of hydrogen-bond acceptors (Lipinski definition) is 5. The molecule has 0 spiro atoms. The van der Waals surface area contributed by atoms with Gasteiger partial charge in [-0.15, -0.1) is 0 Å². The minimum atomic E-state index is -1.46. The predicted molar refractivity (Wildman–Crippen MR) is 107 cm³/mol. The van der Waals surface area contributed by atoms with Crippen LogP contribution in [0.4, 0.5) is 20.2 Å². The molecule has 2 fully saturated rings. The molecule has 0 radical (unpaired) electrons. The molecule has 156 valence electrons. The maximum atomic E-state index is 15.3. The van der Waals surface area contributed by atoms with E-state index in [1.165, 1.54) is 4.57 Å². The summed E-state index contributed by atoms with van der Waals surface area (Å²) in [5.74, 6) is -2.01. The average molecular weight is 406 g/mol. The third-order valence-corrected chi connectivity index (χ3v) is 6.21. The molecule has 1 aliphatic heterocycles. The quantitative estimate of drug-likeness (QED) is 0.671. The number of nitrogen functional groups attached to an aromatic ring is 1. The summed E-state index contributed by atoms with van der Waals surface area (Å²) >= 11 is 0. The number of nitrogens with two attached hydrogens (primary N) is 2. The molecule has 29 heavy (non-hydrogen) atoms. The number of halogens is 2. The van der Waals surface area contributed by atoms with Crippen molar-refractivity contribution >= 4 is 28.2 Å². The molecule has 0 amide bonds. The van der Waals surface area contributed by atoms with Crippen LogP contribution in [0.15, 0.2) is 11.0 Å². The molecule has 4 rings (SSSR count). The summed E-state index contributed by atoms with van der Waals surface area (Å²) in [5, 5.41) is 9.19. The zero-order chi connectivity index (χ0) is 21.2. The number of alkyl halides is 1. The van der Waals surface area contributed by atoms with Crippen LogP contribution in [0.25, 0.3) is 10.9 Å². The lowest BCUT2D eigenvalue weighted by atomic mass is 10.0. The molecule has 1 saturated heterocycles. The number of anilines is 2. The predicted octanol–water partition coefficient (Wildman–Crippen LogP) is 2.19. The lowest BCUT2D eigenvalue weighted by Crippen LogP contribution is -2.30. The van der Waals surface area contributed by atoms with Crippen LogP contribution in [-0.2, 0) is 0 Å². The Labute approximate surface area is 165 Å². The molecule has 9 heteroatoms. The van der Waals surface area contributed by atoms with E-state index in [-0.39, 0.29) is 29.5 Å². The van der Waals surface area contributed by atoms with Crippen molar-refractivity contribution in [3.05, 3.63) is 33.4 Å². The lowest BCUT2D eigenvalue weighted by Gasteiger charge is -2.26. The Hall–Kier alpha value is -2.68. The average Bonchev–Trinajstić information content (AvgIpc) is 3.17. The van der Waals surface area contributed by atoms with Crippen molar-refractivity contribution in [2.24, 2.45) is 11.7 Å². The van der Waals surface area contributed by atoms with E-state index in [9.17, 15) is 19.1 Å². The van der Waals surface area contributed by atoms with Crippen LogP contribution in [0.2, 0.25) is 0 Å². The van der Waals surface area contributed by atoms with Gasteiger partial charge in [-0.05, 0) is 31.7 Å². The highest BCUT2D eigenvalue weighted by Gasteiger charge is 2.41. The number of carbonyl (C=O) groups is 1. The van der Waals surface area contributed by atoms with E-state index < -0.39 is 40.7 Å². The molecule has 0 bridgehead atoms. The van der Waals surface area contributed by atoms with Gasteiger partial charge in [-0.1, -0.05) is 0 Å². The van der Waals surface area contributed by atoms with E-state index in [4.69, 9.17) is 11.5 Å². The largest absolute Gasteiger partial charge is 0.477 e. The second-order valence-corrected chi connectivity index (χ2v) is 8.18. The van der Waals surface area contributed by atoms with Gasteiger partial charge in [0.25, 0.3) is 0 Å². The van der Waals surface area contributed by atoms with Crippen LogP contribution >= 0.6 is 0 Å². The molecule has 7 nitrogen and oxygen atoms in total. The van der Waals surface area contributed by atoms with Gasteiger partial charge in [0.1, 0.15) is 11.7 Å². The molecule has 1 aromatic carbocycles. The molecular formula is C20H24F2N4O3. The highest BCUT2D eigenvalue weighted by atomic mass is 19.1. The van der Waals surface area contributed by atoms with Crippen LogP contribution < -0.4 is 21.8 Å². The maximum absolute atomic E-state index is 15.3. The number of aromatic carboxylic acids is 1. The fraction of sp³-hybridized carbons (Fsp3) is 0.500. The Morgan fingerprint density at radius 1 is 1.41 bits per heavy atom. The number of nitrogens with zero attached hydrogens (tertiary/aromatic N) is 2. The van der Waals surface area contributed by atoms with Crippen LogP contribution in [-0.4, -0.2) is 40.9 Å². The summed E-state index contributed by atoms with van der Waals surface area (Å²) in [7, 11) is 0. The number of carboxylic acids is 1. The Balaban J connectivity index is 2.01. The van der Waals surface area contributed by atoms with E-state index in [2.05, 4.69) is 0 Å². The van der Waals surface area contributed by atoms with E-state index in [1.807, 2.05) is 11.8 Å². The summed E-state index contributed by atoms with van der Waals surface area (Å²) < 4.78 is 30.7. The highest BCUT2D eigenvalue weighted by molar-refractivity contribution is 6.01. The molecule has 1 aliphatic carbocycles. The molecule has 2 aromatic rings. The minimum Gasteiger partial charge on any atom is -0.477 e. The minimum absolute atomic E-state index is 0.0452. The van der Waals surface area contributed by atoms with Gasteiger partial charge in [0.15, 0.2) is 5.82 Å². The first-order valence-electron chi connectivity index (χ1n) is 9.67. The van der Waals surface area contributed by atoms with Crippen LogP contribution in [0.3, 0.4) is 0 Å². The topological polar surface area (TPSA) is 115 Å². The van der Waals surface area contributed by atoms with Crippen LogP contribution in [0.5, 0.6) is 0 Å². The highest BCUT2D eigenvalue weighted by Crippen LogP contribution is 2.44. The monoisotopic (exact) mass is 406 g/mol. The standard InChI is InChI=1S/C20H24F2N4O3/c1-8-17-14(19(27)11(20(28)29)7-26(17)13-5-12(13)21)16(24)15(22)18(8)25-4-3-10(6-25)9(2)23/h7,9-10,12-13H,3-6,23-24H2,1-2H3,(H,28,29)/t9?,10-,12+,13-/m1/s1. The zero-order valence-electron chi connectivity index (χ0n) is 16.3. The first-order chi connectivity index (χ1) is 13.6. The third-order valence-electron chi connectivity index (χ3n) is 6.21. The van der Waals surface area contributed by atoms with Crippen molar-refractivity contribution in [2.45, 2.75) is 44.9 Å². The number of hydrogen-bond donors (Lipinski definition) is 3. The van der Waals surface area contributed by atoms with Gasteiger partial charge in [-0.25, -0.2) is 13.6 Å². The van der Waals surface area contributed by atoms with Crippen molar-refractivity contribution in [2.75, 3.05) is 23.7 Å². The second-order valence-electron chi connectivity index (χ2n) is 8.18. The van der Waals surface area contributed by atoms with E-state index >= 15 is 4.39 Å². The van der Waals surface area contributed by atoms with E-state index in [0.29, 0.717) is 24.2 Å². The fourth-order valence-electron chi connectivity index (χ4n) is 4.43. The number of carboxylic acid groups (broad SMARTS) is 1. The van der Waals surface area contributed by atoms with Crippen molar-refractivity contribution < 1.29 is 18.7 Å². The van der Waals surface area contributed by atoms with Crippen molar-refractivity contribution in [1.29, 1.82) is 0 Å². The molecule has 4 atom stereocenters. The van der Waals surface area contributed by atoms with Crippen LogP contribution in [0, 0.1) is 18.7 Å². The van der Waals surface area contributed by atoms with Gasteiger partial charge < -0.3 is 26.0 Å². The molecule has 1 unspecified atom stereocenters. The van der Waals surface area contributed by atoms with Gasteiger partial charge >= 0.3 is 5.97 Å². The fourth-order valence-corrected chi connectivity index (χ4v) is 4.43. The second kappa shape index (κ2) is 6.69. The number of fused-ring (bicyclic) bond motifs is 1. The van der Waals surface area contributed by atoms with Gasteiger partial charge in [-0.2, -0.15) is 0 Å². The van der Waals surface area contributed by atoms with Crippen molar-refractivity contribution in [1.82, 2.24) is 4.57 Å². The number of benzene rings is 1. The Bertz CT molecular complexity index is 1080. The smallest absolute Gasteiger partial charge is 0.341 e. The Morgan fingerprint density at radius 3 is 2.59 bits per heavy atom. The van der Waals surface area contributed by atoms with Crippen molar-refractivity contribution in [3.63, 3.8) is 0 Å². The summed E-state index contributed by atoms with van der Waals surface area (Å²) in [6.45, 7) is 4.70. The molecule has 2 aliphatic rings. The molecule has 1 aromatic heterocycles. The lowest BCUT2D eigenvalue weighted by molar-refractivity contribution is 0.0694. The van der Waals surface area contributed by atoms with Gasteiger partial charge in [0.05, 0.1) is 28.3 Å². The summed E-state index contributed by atoms with van der Waals surface area (Å²) in [6.07, 6.45) is 1.01. The summed E-state index contributed by atoms with van der Waals surface area (Å²) in [5.41, 5.74) is 11.2. The first-order valence-corrected chi connectivity index (χ1v) is 9.67. The number of rotatable bonds is 4. The van der Waals surface area contributed by atoms with E-state index in [1.54, 1.807) is 6.92 Å². The Kier molecular flexibility index (Phi) is 4.53. The van der Waals surface area contributed by atoms with Gasteiger partial charge in [0.2, 0.25) is 5.43 Å². The SMILES string of the molecule is Cc1c(N2CC[C@@H](C(C)N)C2)c(F)c(N)c2c(=O)c(C(=O)O)cn([C@@H]3C[C@@H]3F)c12. The number of aryl methyl sites for hydroxylation is 1. The zero-order valence-corrected chi connectivity index (χ0v) is 16.3. The van der Waals surface area contributed by atoms with Gasteiger partial charge in [-0.3, -0.25) is 4.79 Å². The molecular weight excluding hydrogens is 382 g/mol. The summed E-state index contributed by atoms with van der Waals surface area (Å²) in [6, 6.07) is -0.640. The number of pyridine rings is 1. The van der Waals surface area contributed by atoms with Crippen LogP contribution in [0.1, 0.15) is 41.7 Å². The van der Waals surface area contributed by atoms with Gasteiger partial charge in [0, 0.05) is 31.7 Å². The van der Waals surface area contributed by atoms with Crippen molar-refractivity contribution in [3.8, 4) is 0 Å². The maximum Gasteiger partial charge on any atom is 0.341 e. The molecule has 2 heterocycles. The normalized spacial score (nSPS) is 24.9. The first kappa shape index (κ1) is 19.6. The number of aromatic nitrogens is 1. The van der Waals surface area contributed by atoms with E-state index in [0.717, 1.165) is 12.6 Å². The molecule has 1 saturated carbocycles. The third kappa shape index (κ3) is 2.95. The molecule has 5 N–H and O–H groups in total. The summed E-state index contributed by atoms with van der Waals surface area (Å²) in [4.78, 5) is 26.2.